The molecule has 198 valence electrons. The maximum Gasteiger partial charge on any atom is 0.422 e. The van der Waals surface area contributed by atoms with Crippen LogP contribution in [0.25, 0.3) is 5.47 Å². The van der Waals surface area contributed by atoms with Crippen LogP contribution in [0.5, 0.6) is 0 Å². The van der Waals surface area contributed by atoms with Crippen LogP contribution in [0.4, 0.5) is 43.9 Å². The van der Waals surface area contributed by atoms with E-state index in [-0.39, 0.29) is 5.20 Å². The number of nitrogens with zero attached hydrogens (tertiary/aromatic N) is 1. The molecule has 0 spiro atoms. The molecule has 1 aromatic heterocycles. The van der Waals surface area contributed by atoms with E-state index in [0.29, 0.717) is 4.48 Å². The maximum atomic E-state index is 15.2. The van der Waals surface area contributed by atoms with Crippen molar-refractivity contribution in [2.24, 2.45) is 0 Å². The van der Waals surface area contributed by atoms with Crippen molar-refractivity contribution in [3.05, 3.63) is 99.5 Å². The lowest BCUT2D eigenvalue weighted by Gasteiger charge is -2.37. The molecule has 2 aromatic carbocycles. The fraction of sp³-hybridized carbons (Fsp3) is 0.174. The second-order valence-electron chi connectivity index (χ2n) is 9.26. The quantitative estimate of drug-likeness (QED) is 0.139. The van der Waals surface area contributed by atoms with Gasteiger partial charge in [0.2, 0.25) is 5.82 Å². The zero-order valence-corrected chi connectivity index (χ0v) is 21.3. The van der Waals surface area contributed by atoms with E-state index in [1.165, 1.54) is 25.1 Å². The Hall–Kier alpha value is -2.80. The fourth-order valence-corrected chi connectivity index (χ4v) is 5.79. The van der Waals surface area contributed by atoms with E-state index in [4.69, 9.17) is 11.5 Å². The summed E-state index contributed by atoms with van der Waals surface area (Å²) >= 11 is 6.77. The third kappa shape index (κ3) is 4.45. The van der Waals surface area contributed by atoms with Crippen molar-refractivity contribution in [1.29, 1.82) is 0 Å². The molecule has 0 saturated heterocycles. The van der Waals surface area contributed by atoms with Gasteiger partial charge in [0.25, 0.3) is 0 Å². The number of pyridine rings is 1. The SMILES string of the molecule is C/C(=C(\c1c(F)c(F)c(F)c(F)c1F)[B@-](Cl)(c1c(F)c(F)c(F)c(F)c1F)[n+]1ccccc1)[Si](C)(C)C. The molecule has 1 heterocycles. The minimum absolute atomic E-state index is 0.133. The summed E-state index contributed by atoms with van der Waals surface area (Å²) in [6, 6.07) is 3.80. The third-order valence-corrected chi connectivity index (χ3v) is 9.35. The fourth-order valence-electron chi connectivity index (χ4n) is 3.96. The molecule has 0 aliphatic rings. The van der Waals surface area contributed by atoms with E-state index in [1.54, 1.807) is 19.6 Å². The van der Waals surface area contributed by atoms with E-state index >= 15 is 17.6 Å². The van der Waals surface area contributed by atoms with Crippen LogP contribution in [0.2, 0.25) is 19.6 Å². The first kappa shape index (κ1) is 28.8. The first-order valence-corrected chi connectivity index (χ1v) is 14.5. The van der Waals surface area contributed by atoms with E-state index in [2.05, 4.69) is 0 Å². The van der Waals surface area contributed by atoms with Gasteiger partial charge in [0, 0.05) is 5.56 Å². The van der Waals surface area contributed by atoms with Gasteiger partial charge in [-0.3, -0.25) is 11.5 Å². The van der Waals surface area contributed by atoms with Gasteiger partial charge in [-0.25, -0.2) is 43.9 Å². The molecule has 1 nitrogen and oxygen atoms in total. The smallest absolute Gasteiger partial charge is 0.405 e. The molecule has 0 N–H and O–H groups in total. The van der Waals surface area contributed by atoms with Crippen LogP contribution in [0.15, 0.2) is 35.8 Å². The van der Waals surface area contributed by atoms with Gasteiger partial charge in [-0.15, -0.1) is 10.7 Å². The standard InChI is InChI=1S/C23H17BClF10NSi/c1-10(37(2,3)4)12(11-14(26)18(30)22(34)19(31)15(11)27)24(25,36-8-6-5-7-9-36)13-16(28)20(32)23(35)21(33)17(13)29/h5-9H,1-4H3/b12-10-/t24-/m1/s1. The summed E-state index contributed by atoms with van der Waals surface area (Å²) in [5.41, 5.74) is -8.56. The van der Waals surface area contributed by atoms with Crippen LogP contribution in [0.1, 0.15) is 12.5 Å². The minimum atomic E-state index is -4.19. The van der Waals surface area contributed by atoms with Crippen LogP contribution >= 0.6 is 11.5 Å². The second-order valence-corrected chi connectivity index (χ2v) is 15.1. The van der Waals surface area contributed by atoms with Crippen LogP contribution in [-0.2, 0) is 0 Å². The lowest BCUT2D eigenvalue weighted by Crippen LogP contribution is -2.71. The molecule has 14 heteroatoms. The molecule has 0 aliphatic carbocycles. The van der Waals surface area contributed by atoms with Gasteiger partial charge in [-0.05, 0) is 24.5 Å². The lowest BCUT2D eigenvalue weighted by molar-refractivity contribution is -0.537. The van der Waals surface area contributed by atoms with E-state index in [1.807, 2.05) is 0 Å². The highest BCUT2D eigenvalue weighted by Gasteiger charge is 2.51. The highest BCUT2D eigenvalue weighted by atomic mass is 35.5. The van der Waals surface area contributed by atoms with Crippen molar-refractivity contribution >= 4 is 36.2 Å². The first-order chi connectivity index (χ1) is 17.0. The Balaban J connectivity index is 2.74. The number of aromatic nitrogens is 1. The van der Waals surface area contributed by atoms with Crippen LogP contribution in [-0.4, -0.2) is 13.8 Å². The van der Waals surface area contributed by atoms with Gasteiger partial charge >= 0.3 is 5.70 Å². The Morgan fingerprint density at radius 2 is 0.973 bits per heavy atom. The predicted octanol–water partition coefficient (Wildman–Crippen LogP) is 6.69. The molecule has 3 aromatic rings. The topological polar surface area (TPSA) is 3.88 Å². The number of allylic oxidation sites excluding steroid dienone is 1. The number of hydrogen-bond donors (Lipinski definition) is 0. The monoisotopic (exact) mass is 571 g/mol. The summed E-state index contributed by atoms with van der Waals surface area (Å²) in [5, 5.41) is -0.133. The van der Waals surface area contributed by atoms with Gasteiger partial charge in [-0.2, -0.15) is 0 Å². The van der Waals surface area contributed by atoms with Crippen molar-refractivity contribution in [3.63, 3.8) is 0 Å². The summed E-state index contributed by atoms with van der Waals surface area (Å²) in [7, 11) is -2.93. The van der Waals surface area contributed by atoms with Crippen molar-refractivity contribution < 1.29 is 48.4 Å². The summed E-state index contributed by atoms with van der Waals surface area (Å²) in [4.78, 5) is 0. The lowest BCUT2D eigenvalue weighted by atomic mass is 9.45. The number of halogens is 11. The molecule has 0 fully saturated rings. The maximum absolute atomic E-state index is 15.2. The zero-order chi connectivity index (χ0) is 28.2. The molecule has 0 radical (unpaired) electrons. The van der Waals surface area contributed by atoms with Crippen LogP contribution < -0.4 is 9.94 Å². The Kier molecular flexibility index (Phi) is 7.64. The summed E-state index contributed by atoms with van der Waals surface area (Å²) in [5.74, 6) is -24.3. The summed E-state index contributed by atoms with van der Waals surface area (Å²) in [6.07, 6.45) is 1.99. The van der Waals surface area contributed by atoms with Crippen molar-refractivity contribution in [1.82, 2.24) is 0 Å². The summed E-state index contributed by atoms with van der Waals surface area (Å²) < 4.78 is 147. The number of benzene rings is 2. The molecule has 0 bridgehead atoms. The van der Waals surface area contributed by atoms with E-state index in [0.717, 1.165) is 12.4 Å². The van der Waals surface area contributed by atoms with Crippen LogP contribution in [0.3, 0.4) is 0 Å². The van der Waals surface area contributed by atoms with Crippen molar-refractivity contribution in [2.75, 3.05) is 0 Å². The first-order valence-electron chi connectivity index (χ1n) is 10.5. The van der Waals surface area contributed by atoms with Gasteiger partial charge in [0.05, 0.1) is 8.07 Å². The minimum Gasteiger partial charge on any atom is -0.405 e. The number of hydrogen-bond acceptors (Lipinski definition) is 0. The molecular formula is C23H17BClF10NSi. The normalized spacial score (nSPS) is 14.5. The highest BCUT2D eigenvalue weighted by Crippen LogP contribution is 2.39. The molecule has 0 amide bonds. The Morgan fingerprint density at radius 3 is 1.35 bits per heavy atom. The molecule has 1 atom stereocenters. The van der Waals surface area contributed by atoms with Crippen LogP contribution in [0, 0.1) is 58.2 Å². The second kappa shape index (κ2) is 9.82. The molecule has 0 saturated carbocycles. The van der Waals surface area contributed by atoms with Gasteiger partial charge in [0.15, 0.2) is 40.7 Å². The zero-order valence-electron chi connectivity index (χ0n) is 19.6. The van der Waals surface area contributed by atoms with Gasteiger partial charge < -0.3 is 4.48 Å². The van der Waals surface area contributed by atoms with Crippen molar-refractivity contribution in [3.8, 4) is 0 Å². The Labute approximate surface area is 210 Å². The molecule has 0 aliphatic heterocycles. The Morgan fingerprint density at radius 1 is 0.622 bits per heavy atom. The molecular weight excluding hydrogens is 555 g/mol. The third-order valence-electron chi connectivity index (χ3n) is 6.17. The van der Waals surface area contributed by atoms with Gasteiger partial charge in [-0.1, -0.05) is 25.7 Å². The van der Waals surface area contributed by atoms with Gasteiger partial charge in [0.1, 0.15) is 24.0 Å². The average Bonchev–Trinajstić information content (AvgIpc) is 2.86. The van der Waals surface area contributed by atoms with E-state index < -0.39 is 88.4 Å². The largest absolute Gasteiger partial charge is 0.422 e. The number of rotatable bonds is 5. The summed E-state index contributed by atoms with van der Waals surface area (Å²) in [6.45, 7) is 5.84. The molecule has 3 rings (SSSR count). The highest BCUT2D eigenvalue weighted by molar-refractivity contribution is 7.32. The average molecular weight is 572 g/mol. The van der Waals surface area contributed by atoms with Crippen molar-refractivity contribution in [2.45, 2.75) is 26.6 Å². The molecule has 37 heavy (non-hydrogen) atoms. The Bertz CT molecular complexity index is 1380. The van der Waals surface area contributed by atoms with E-state index in [9.17, 15) is 26.3 Å². The molecule has 0 unspecified atom stereocenters. The predicted molar refractivity (Wildman–Crippen MR) is 122 cm³/mol.